The third-order valence-corrected chi connectivity index (χ3v) is 7.69. The molecular weight excluding hydrogens is 468 g/mol. The first-order chi connectivity index (χ1) is 18.0. The first-order valence-electron chi connectivity index (χ1n) is 13.0. The van der Waals surface area contributed by atoms with Gasteiger partial charge in [-0.2, -0.15) is 5.10 Å². The van der Waals surface area contributed by atoms with Crippen molar-refractivity contribution in [3.05, 3.63) is 69.4 Å². The number of amides is 1. The highest BCUT2D eigenvalue weighted by Crippen LogP contribution is 2.30. The van der Waals surface area contributed by atoms with Crippen LogP contribution in [0, 0.1) is 13.8 Å². The molecule has 6 rings (SSSR count). The summed E-state index contributed by atoms with van der Waals surface area (Å²) in [5.41, 5.74) is 5.18. The van der Waals surface area contributed by atoms with Gasteiger partial charge < -0.3 is 14.6 Å². The van der Waals surface area contributed by atoms with Crippen molar-refractivity contribution in [1.29, 1.82) is 0 Å². The largest absolute Gasteiger partial charge is 0.381 e. The van der Waals surface area contributed by atoms with Crippen LogP contribution < -0.4 is 5.56 Å². The maximum atomic E-state index is 13.7. The van der Waals surface area contributed by atoms with E-state index in [0.29, 0.717) is 37.3 Å². The lowest BCUT2D eigenvalue weighted by atomic mass is 10.0. The Bertz CT molecular complexity index is 1530. The number of rotatable bonds is 4. The average Bonchev–Trinajstić information content (AvgIpc) is 3.35. The molecule has 9 nitrogen and oxygen atoms in total. The number of aromatic nitrogens is 4. The first kappa shape index (κ1) is 23.8. The zero-order valence-corrected chi connectivity index (χ0v) is 21.4. The molecular formula is C28H32N6O3. The van der Waals surface area contributed by atoms with Crippen molar-refractivity contribution in [2.45, 2.75) is 39.3 Å². The molecule has 2 aliphatic rings. The van der Waals surface area contributed by atoms with Crippen molar-refractivity contribution in [2.24, 2.45) is 0 Å². The molecule has 0 saturated carbocycles. The standard InChI is InChI=1S/C28H32N6O3/c1-18-3-6-29-20(13-18)17-32-7-9-33(10-8-32)28(36)22-15-23-25(14-19(22)2)31-27(35)24-16-30-34(26(23)24)21-4-11-37-12-5-21/h3,6,13-16,21H,4-5,7-12,17H2,1-2H3,(H,31,35). The van der Waals surface area contributed by atoms with Gasteiger partial charge in [-0.25, -0.2) is 0 Å². The van der Waals surface area contributed by atoms with Crippen molar-refractivity contribution in [3.8, 4) is 0 Å². The van der Waals surface area contributed by atoms with E-state index < -0.39 is 0 Å². The minimum atomic E-state index is -0.154. The van der Waals surface area contributed by atoms with Gasteiger partial charge in [0.1, 0.15) is 0 Å². The Morgan fingerprint density at radius 3 is 2.62 bits per heavy atom. The number of H-pyrrole nitrogens is 1. The molecule has 2 saturated heterocycles. The van der Waals surface area contributed by atoms with Crippen LogP contribution in [0.4, 0.5) is 0 Å². The van der Waals surface area contributed by atoms with Gasteiger partial charge in [0.25, 0.3) is 11.5 Å². The Labute approximate surface area is 215 Å². The van der Waals surface area contributed by atoms with Gasteiger partial charge in [0.2, 0.25) is 0 Å². The number of benzene rings is 1. The summed E-state index contributed by atoms with van der Waals surface area (Å²) < 4.78 is 7.50. The van der Waals surface area contributed by atoms with Crippen molar-refractivity contribution >= 4 is 27.7 Å². The summed E-state index contributed by atoms with van der Waals surface area (Å²) in [7, 11) is 0. The summed E-state index contributed by atoms with van der Waals surface area (Å²) in [6.45, 7) is 9.12. The number of aryl methyl sites for hydroxylation is 2. The lowest BCUT2D eigenvalue weighted by molar-refractivity contribution is 0.0626. The Kier molecular flexibility index (Phi) is 6.26. The van der Waals surface area contributed by atoms with Crippen LogP contribution in [0.5, 0.6) is 0 Å². The van der Waals surface area contributed by atoms with Crippen molar-refractivity contribution < 1.29 is 9.53 Å². The van der Waals surface area contributed by atoms with E-state index in [1.165, 1.54) is 5.56 Å². The first-order valence-corrected chi connectivity index (χ1v) is 13.0. The number of carbonyl (C=O) groups is 1. The smallest absolute Gasteiger partial charge is 0.259 e. The fraction of sp³-hybridized carbons (Fsp3) is 0.429. The normalized spacial score (nSPS) is 17.6. The number of aromatic amines is 1. The second kappa shape index (κ2) is 9.72. The van der Waals surface area contributed by atoms with E-state index in [4.69, 9.17) is 4.74 Å². The Morgan fingerprint density at radius 2 is 1.86 bits per heavy atom. The number of nitrogens with zero attached hydrogens (tertiary/aromatic N) is 5. The number of ether oxygens (including phenoxy) is 1. The third kappa shape index (κ3) is 4.53. The molecule has 5 heterocycles. The van der Waals surface area contributed by atoms with Gasteiger partial charge >= 0.3 is 0 Å². The number of fused-ring (bicyclic) bond motifs is 3. The molecule has 4 aromatic rings. The van der Waals surface area contributed by atoms with E-state index in [0.717, 1.165) is 60.2 Å². The van der Waals surface area contributed by atoms with Crippen LogP contribution >= 0.6 is 0 Å². The Balaban J connectivity index is 1.28. The second-order valence-electron chi connectivity index (χ2n) is 10.3. The van der Waals surface area contributed by atoms with E-state index >= 15 is 0 Å². The van der Waals surface area contributed by atoms with E-state index in [-0.39, 0.29) is 17.5 Å². The summed E-state index contributed by atoms with van der Waals surface area (Å²) in [4.78, 5) is 38.3. The van der Waals surface area contributed by atoms with Crippen LogP contribution in [0.15, 0.2) is 41.5 Å². The van der Waals surface area contributed by atoms with E-state index in [1.54, 1.807) is 6.20 Å². The molecule has 0 radical (unpaired) electrons. The van der Waals surface area contributed by atoms with Gasteiger partial charge in [0.15, 0.2) is 0 Å². The maximum Gasteiger partial charge on any atom is 0.259 e. The minimum absolute atomic E-state index is 0.0317. The number of piperazine rings is 1. The van der Waals surface area contributed by atoms with E-state index in [2.05, 4.69) is 33.0 Å². The quantitative estimate of drug-likeness (QED) is 0.462. The summed E-state index contributed by atoms with van der Waals surface area (Å²) >= 11 is 0. The van der Waals surface area contributed by atoms with Crippen molar-refractivity contribution in [3.63, 3.8) is 0 Å². The van der Waals surface area contributed by atoms with Crippen molar-refractivity contribution in [2.75, 3.05) is 39.4 Å². The molecule has 9 heteroatoms. The number of nitrogens with one attached hydrogen (secondary N) is 1. The molecule has 2 aliphatic heterocycles. The van der Waals surface area contributed by atoms with Crippen LogP contribution in [-0.2, 0) is 11.3 Å². The fourth-order valence-corrected chi connectivity index (χ4v) is 5.62. The topological polar surface area (TPSA) is 96.4 Å². The van der Waals surface area contributed by atoms with Crippen LogP contribution in [-0.4, -0.2) is 74.8 Å². The monoisotopic (exact) mass is 500 g/mol. The highest BCUT2D eigenvalue weighted by Gasteiger charge is 2.26. The molecule has 0 unspecified atom stereocenters. The number of hydrogen-bond donors (Lipinski definition) is 1. The number of pyridine rings is 2. The molecule has 0 bridgehead atoms. The average molecular weight is 501 g/mol. The van der Waals surface area contributed by atoms with Crippen LogP contribution in [0.25, 0.3) is 21.8 Å². The van der Waals surface area contributed by atoms with Gasteiger partial charge in [-0.15, -0.1) is 0 Å². The Morgan fingerprint density at radius 1 is 1.08 bits per heavy atom. The lowest BCUT2D eigenvalue weighted by Crippen LogP contribution is -2.48. The third-order valence-electron chi connectivity index (χ3n) is 7.69. The maximum absolute atomic E-state index is 13.7. The molecule has 0 spiro atoms. The number of carbonyl (C=O) groups excluding carboxylic acids is 1. The van der Waals surface area contributed by atoms with E-state index in [1.807, 2.05) is 40.9 Å². The minimum Gasteiger partial charge on any atom is -0.381 e. The second-order valence-corrected chi connectivity index (χ2v) is 10.3. The van der Waals surface area contributed by atoms with Gasteiger partial charge in [0.05, 0.1) is 34.4 Å². The lowest BCUT2D eigenvalue weighted by Gasteiger charge is -2.35. The molecule has 192 valence electrons. The highest BCUT2D eigenvalue weighted by molar-refractivity contribution is 6.07. The zero-order chi connectivity index (χ0) is 25.5. The Hall–Kier alpha value is -3.56. The molecule has 3 aromatic heterocycles. The summed E-state index contributed by atoms with van der Waals surface area (Å²) in [5.74, 6) is 0.0317. The molecule has 1 amide bonds. The molecule has 1 N–H and O–H groups in total. The van der Waals surface area contributed by atoms with Gasteiger partial charge in [0, 0.05) is 63.1 Å². The summed E-state index contributed by atoms with van der Waals surface area (Å²) in [6, 6.07) is 8.17. The van der Waals surface area contributed by atoms with Crippen molar-refractivity contribution in [1.82, 2.24) is 29.5 Å². The molecule has 1 aromatic carbocycles. The molecule has 37 heavy (non-hydrogen) atoms. The molecule has 2 fully saturated rings. The zero-order valence-electron chi connectivity index (χ0n) is 21.4. The van der Waals surface area contributed by atoms with Crippen LogP contribution in [0.2, 0.25) is 0 Å². The van der Waals surface area contributed by atoms with Crippen LogP contribution in [0.3, 0.4) is 0 Å². The number of hydrogen-bond acceptors (Lipinski definition) is 6. The molecule has 0 aliphatic carbocycles. The predicted octanol–water partition coefficient (Wildman–Crippen LogP) is 3.20. The van der Waals surface area contributed by atoms with E-state index in [9.17, 15) is 9.59 Å². The predicted molar refractivity (Wildman–Crippen MR) is 142 cm³/mol. The molecule has 0 atom stereocenters. The summed E-state index contributed by atoms with van der Waals surface area (Å²) in [6.07, 6.45) is 5.20. The fourth-order valence-electron chi connectivity index (χ4n) is 5.62. The van der Waals surface area contributed by atoms with Gasteiger partial charge in [-0.05, 0) is 62.1 Å². The van der Waals surface area contributed by atoms with Gasteiger partial charge in [-0.1, -0.05) is 0 Å². The van der Waals surface area contributed by atoms with Gasteiger partial charge in [-0.3, -0.25) is 24.2 Å². The SMILES string of the molecule is Cc1ccnc(CN2CCN(C(=O)c3cc4c(cc3C)[nH]c(=O)c3cnn(C5CCOCC5)c34)CC2)c1. The highest BCUT2D eigenvalue weighted by atomic mass is 16.5. The summed E-state index contributed by atoms with van der Waals surface area (Å²) in [5, 5.41) is 6.01. The van der Waals surface area contributed by atoms with Crippen LogP contribution in [0.1, 0.15) is 46.1 Å².